The molecule has 5 aromatic rings. The van der Waals surface area contributed by atoms with Crippen molar-refractivity contribution in [3.05, 3.63) is 91.0 Å². The lowest BCUT2D eigenvalue weighted by Gasteiger charge is -2.09. The quantitative estimate of drug-likeness (QED) is 0.371. The van der Waals surface area contributed by atoms with Gasteiger partial charge in [0.2, 0.25) is 0 Å². The Hall–Kier alpha value is -3.06. The van der Waals surface area contributed by atoms with Crippen molar-refractivity contribution >= 4 is 32.6 Å². The molecule has 0 saturated heterocycles. The van der Waals surface area contributed by atoms with Gasteiger partial charge in [0.25, 0.3) is 0 Å². The van der Waals surface area contributed by atoms with E-state index in [1.54, 1.807) is 0 Å². The predicted octanol–water partition coefficient (Wildman–Crippen LogP) is 5.74. The van der Waals surface area contributed by atoms with E-state index in [0.29, 0.717) is 0 Å². The average Bonchev–Trinajstić information content (AvgIpc) is 2.97. The molecule has 1 nitrogen and oxygen atoms in total. The summed E-state index contributed by atoms with van der Waals surface area (Å²) in [5.74, 6) is 0. The second-order valence-electron chi connectivity index (χ2n) is 5.78. The van der Waals surface area contributed by atoms with Crippen LogP contribution in [0.25, 0.3) is 38.3 Å². The minimum Gasteiger partial charge on any atom is -0.309 e. The van der Waals surface area contributed by atoms with Crippen LogP contribution in [0.1, 0.15) is 0 Å². The van der Waals surface area contributed by atoms with E-state index >= 15 is 0 Å². The Bertz CT molecular complexity index is 1150. The highest BCUT2D eigenvalue weighted by Crippen LogP contribution is 2.35. The van der Waals surface area contributed by atoms with E-state index in [9.17, 15) is 0 Å². The maximum absolute atomic E-state index is 3.44. The highest BCUT2D eigenvalue weighted by molar-refractivity contribution is 6.18. The van der Waals surface area contributed by atoms with Gasteiger partial charge in [-0.1, -0.05) is 60.7 Å². The number of fused-ring (bicyclic) bond motifs is 5. The van der Waals surface area contributed by atoms with Crippen LogP contribution in [0.2, 0.25) is 0 Å². The fourth-order valence-corrected chi connectivity index (χ4v) is 3.49. The van der Waals surface area contributed by atoms with Crippen molar-refractivity contribution in [1.29, 1.82) is 0 Å². The van der Waals surface area contributed by atoms with Crippen molar-refractivity contribution in [3.63, 3.8) is 0 Å². The van der Waals surface area contributed by atoms with Crippen LogP contribution in [0, 0.1) is 6.07 Å². The first-order chi connectivity index (χ1) is 11.4. The number of hydrogen-bond acceptors (Lipinski definition) is 0. The Morgan fingerprint density at radius 1 is 0.609 bits per heavy atom. The van der Waals surface area contributed by atoms with Crippen molar-refractivity contribution in [3.8, 4) is 5.69 Å². The maximum Gasteiger partial charge on any atom is 0.0619 e. The van der Waals surface area contributed by atoms with E-state index in [-0.39, 0.29) is 0 Å². The van der Waals surface area contributed by atoms with Crippen molar-refractivity contribution in [2.24, 2.45) is 0 Å². The number of aromatic nitrogens is 1. The van der Waals surface area contributed by atoms with Crippen LogP contribution in [0.15, 0.2) is 84.9 Å². The SMILES string of the molecule is [c]1cc2c3ccccc3n(-c3ccccc3)c2c2ccccc12. The molecular weight excluding hydrogens is 278 g/mol. The third kappa shape index (κ3) is 1.74. The predicted molar refractivity (Wildman–Crippen MR) is 97.1 cm³/mol. The van der Waals surface area contributed by atoms with Crippen molar-refractivity contribution in [1.82, 2.24) is 4.57 Å². The summed E-state index contributed by atoms with van der Waals surface area (Å²) in [6, 6.07) is 33.2. The topological polar surface area (TPSA) is 4.93 Å². The lowest BCUT2D eigenvalue weighted by atomic mass is 10.1. The Kier molecular flexibility index (Phi) is 2.56. The Labute approximate surface area is 134 Å². The van der Waals surface area contributed by atoms with Gasteiger partial charge in [-0.2, -0.15) is 0 Å². The average molecular weight is 292 g/mol. The summed E-state index contributed by atoms with van der Waals surface area (Å²) < 4.78 is 2.36. The van der Waals surface area contributed by atoms with Crippen LogP contribution < -0.4 is 0 Å². The molecular formula is C22H14N. The highest BCUT2D eigenvalue weighted by atomic mass is 15.0. The van der Waals surface area contributed by atoms with Crippen LogP contribution in [-0.2, 0) is 0 Å². The standard InChI is InChI=1S/C22H14N/c1-2-9-17(10-3-1)23-21-13-7-6-12-19(21)20-15-14-16-8-4-5-11-18(16)22(20)23/h1-13,15H. The van der Waals surface area contributed by atoms with Gasteiger partial charge in [-0.3, -0.25) is 0 Å². The molecule has 0 fully saturated rings. The largest absolute Gasteiger partial charge is 0.309 e. The van der Waals surface area contributed by atoms with E-state index in [1.165, 1.54) is 32.9 Å². The number of para-hydroxylation sites is 2. The van der Waals surface area contributed by atoms with Crippen molar-refractivity contribution in [2.45, 2.75) is 0 Å². The van der Waals surface area contributed by atoms with E-state index < -0.39 is 0 Å². The summed E-state index contributed by atoms with van der Waals surface area (Å²) in [6.07, 6.45) is 0. The highest BCUT2D eigenvalue weighted by Gasteiger charge is 2.13. The molecule has 0 unspecified atom stereocenters. The van der Waals surface area contributed by atoms with Crippen LogP contribution in [0.4, 0.5) is 0 Å². The van der Waals surface area contributed by atoms with E-state index in [2.05, 4.69) is 95.6 Å². The molecule has 0 saturated carbocycles. The molecule has 0 atom stereocenters. The van der Waals surface area contributed by atoms with E-state index in [4.69, 9.17) is 0 Å². The van der Waals surface area contributed by atoms with Gasteiger partial charge in [-0.15, -0.1) is 0 Å². The van der Waals surface area contributed by atoms with Crippen molar-refractivity contribution < 1.29 is 0 Å². The minimum atomic E-state index is 1.15. The first kappa shape index (κ1) is 12.5. The molecule has 5 rings (SSSR count). The summed E-state index contributed by atoms with van der Waals surface area (Å²) >= 11 is 0. The first-order valence-corrected chi connectivity index (χ1v) is 7.81. The molecule has 0 aliphatic rings. The summed E-state index contributed by atoms with van der Waals surface area (Å²) in [6.45, 7) is 0. The van der Waals surface area contributed by atoms with Gasteiger partial charge < -0.3 is 4.57 Å². The van der Waals surface area contributed by atoms with Gasteiger partial charge in [0, 0.05) is 21.8 Å². The molecule has 1 heterocycles. The van der Waals surface area contributed by atoms with Crippen LogP contribution >= 0.6 is 0 Å². The zero-order valence-corrected chi connectivity index (χ0v) is 12.5. The molecule has 23 heavy (non-hydrogen) atoms. The lowest BCUT2D eigenvalue weighted by molar-refractivity contribution is 1.19. The molecule has 1 heteroatoms. The fraction of sp³-hybridized carbons (Fsp3) is 0. The number of hydrogen-bond donors (Lipinski definition) is 0. The number of nitrogens with zero attached hydrogens (tertiary/aromatic N) is 1. The second-order valence-corrected chi connectivity index (χ2v) is 5.78. The minimum absolute atomic E-state index is 1.15. The molecule has 4 aromatic carbocycles. The Morgan fingerprint density at radius 2 is 1.30 bits per heavy atom. The Balaban J connectivity index is 2.10. The Morgan fingerprint density at radius 3 is 2.17 bits per heavy atom. The van der Waals surface area contributed by atoms with Gasteiger partial charge in [-0.05, 0) is 35.7 Å². The van der Waals surface area contributed by atoms with Gasteiger partial charge in [-0.25, -0.2) is 0 Å². The van der Waals surface area contributed by atoms with Crippen LogP contribution in [0.5, 0.6) is 0 Å². The fourth-order valence-electron chi connectivity index (χ4n) is 3.49. The molecule has 0 N–H and O–H groups in total. The van der Waals surface area contributed by atoms with Gasteiger partial charge in [0.1, 0.15) is 0 Å². The third-order valence-electron chi connectivity index (χ3n) is 4.48. The first-order valence-electron chi connectivity index (χ1n) is 7.81. The molecule has 0 bridgehead atoms. The lowest BCUT2D eigenvalue weighted by Crippen LogP contribution is -1.93. The summed E-state index contributed by atoms with van der Waals surface area (Å²) in [5, 5.41) is 4.92. The summed E-state index contributed by atoms with van der Waals surface area (Å²) in [7, 11) is 0. The molecule has 1 aromatic heterocycles. The normalized spacial score (nSPS) is 11.5. The van der Waals surface area contributed by atoms with Crippen LogP contribution in [0.3, 0.4) is 0 Å². The van der Waals surface area contributed by atoms with Crippen molar-refractivity contribution in [2.75, 3.05) is 0 Å². The van der Waals surface area contributed by atoms with Gasteiger partial charge in [0.15, 0.2) is 0 Å². The number of benzene rings is 4. The molecule has 0 spiro atoms. The zero-order chi connectivity index (χ0) is 15.2. The molecule has 1 radical (unpaired) electrons. The smallest absolute Gasteiger partial charge is 0.0619 e. The van der Waals surface area contributed by atoms with Gasteiger partial charge >= 0.3 is 0 Å². The van der Waals surface area contributed by atoms with Crippen LogP contribution in [-0.4, -0.2) is 4.57 Å². The van der Waals surface area contributed by atoms with E-state index in [0.717, 1.165) is 5.39 Å². The monoisotopic (exact) mass is 292 g/mol. The molecule has 0 amide bonds. The van der Waals surface area contributed by atoms with Gasteiger partial charge in [0.05, 0.1) is 11.0 Å². The summed E-state index contributed by atoms with van der Waals surface area (Å²) in [4.78, 5) is 0. The third-order valence-corrected chi connectivity index (χ3v) is 4.48. The maximum atomic E-state index is 3.44. The summed E-state index contributed by atoms with van der Waals surface area (Å²) in [5.41, 5.74) is 3.68. The van der Waals surface area contributed by atoms with E-state index in [1.807, 2.05) is 0 Å². The number of rotatable bonds is 1. The molecule has 0 aliphatic carbocycles. The zero-order valence-electron chi connectivity index (χ0n) is 12.5. The molecule has 107 valence electrons. The molecule has 0 aliphatic heterocycles. The second kappa shape index (κ2) is 4.72.